The van der Waals surface area contributed by atoms with Gasteiger partial charge >= 0.3 is 0 Å². The lowest BCUT2D eigenvalue weighted by Crippen LogP contribution is -2.41. The Bertz CT molecular complexity index is 824. The van der Waals surface area contributed by atoms with Crippen molar-refractivity contribution in [2.45, 2.75) is 51.7 Å². The summed E-state index contributed by atoms with van der Waals surface area (Å²) >= 11 is 0. The van der Waals surface area contributed by atoms with Gasteiger partial charge in [0.25, 0.3) is 5.91 Å². The van der Waals surface area contributed by atoms with Crippen LogP contribution in [0.3, 0.4) is 0 Å². The van der Waals surface area contributed by atoms with Crippen LogP contribution in [-0.2, 0) is 12.8 Å². The maximum absolute atomic E-state index is 12.9. The first-order valence-corrected chi connectivity index (χ1v) is 9.35. The number of benzene rings is 1. The maximum atomic E-state index is 12.9. The molecule has 1 fully saturated rings. The van der Waals surface area contributed by atoms with Crippen LogP contribution in [0.4, 0.5) is 0 Å². The standard InChI is InChI=1S/C20H25N3O3/c1-3-16-11(2)18(23-22-16)20(25)21-19(14-9-15(24)10-14)13-4-5-17-12(8-13)6-7-26-17/h4-5,8,14-15,19,24H,3,6-7,9-10H2,1-2H3,(H,21,25)(H,22,23)/t14?,15?,19-/m0/s1. The number of nitrogens with one attached hydrogen (secondary N) is 2. The smallest absolute Gasteiger partial charge is 0.272 e. The summed E-state index contributed by atoms with van der Waals surface area (Å²) in [4.78, 5) is 12.9. The van der Waals surface area contributed by atoms with E-state index in [0.717, 1.165) is 35.4 Å². The van der Waals surface area contributed by atoms with Crippen LogP contribution in [0.15, 0.2) is 18.2 Å². The summed E-state index contributed by atoms with van der Waals surface area (Å²) in [6.45, 7) is 4.67. The van der Waals surface area contributed by atoms with E-state index in [2.05, 4.69) is 21.6 Å². The van der Waals surface area contributed by atoms with Gasteiger partial charge in [-0.1, -0.05) is 13.0 Å². The maximum Gasteiger partial charge on any atom is 0.272 e. The molecule has 6 heteroatoms. The molecule has 1 aromatic heterocycles. The molecular weight excluding hydrogens is 330 g/mol. The molecule has 0 spiro atoms. The van der Waals surface area contributed by atoms with Crippen molar-refractivity contribution < 1.29 is 14.6 Å². The summed E-state index contributed by atoms with van der Waals surface area (Å²) in [5.74, 6) is 1.00. The fourth-order valence-corrected chi connectivity index (χ4v) is 3.98. The van der Waals surface area contributed by atoms with Gasteiger partial charge in [0, 0.05) is 17.7 Å². The average Bonchev–Trinajstić information content (AvgIpc) is 3.22. The van der Waals surface area contributed by atoms with E-state index in [4.69, 9.17) is 4.74 Å². The molecule has 1 aromatic carbocycles. The highest BCUT2D eigenvalue weighted by molar-refractivity contribution is 5.94. The number of aliphatic hydroxyl groups excluding tert-OH is 1. The van der Waals surface area contributed by atoms with E-state index in [1.807, 2.05) is 26.0 Å². The number of carbonyl (C=O) groups is 1. The van der Waals surface area contributed by atoms with E-state index in [9.17, 15) is 9.90 Å². The molecule has 3 N–H and O–H groups in total. The van der Waals surface area contributed by atoms with Gasteiger partial charge in [-0.15, -0.1) is 0 Å². The Labute approximate surface area is 153 Å². The molecular formula is C20H25N3O3. The Morgan fingerprint density at radius 2 is 2.27 bits per heavy atom. The van der Waals surface area contributed by atoms with Crippen molar-refractivity contribution in [1.82, 2.24) is 15.5 Å². The molecule has 4 rings (SSSR count). The molecule has 1 aliphatic heterocycles. The molecule has 0 radical (unpaired) electrons. The number of rotatable bonds is 5. The number of H-pyrrole nitrogens is 1. The number of ether oxygens (including phenoxy) is 1. The normalized spacial score (nSPS) is 22.3. The Balaban J connectivity index is 1.59. The fourth-order valence-electron chi connectivity index (χ4n) is 3.98. The van der Waals surface area contributed by atoms with E-state index in [0.29, 0.717) is 25.1 Å². The number of fused-ring (bicyclic) bond motifs is 1. The Kier molecular flexibility index (Phi) is 4.44. The monoisotopic (exact) mass is 355 g/mol. The largest absolute Gasteiger partial charge is 0.493 e. The summed E-state index contributed by atoms with van der Waals surface area (Å²) in [6, 6.07) is 6.01. The van der Waals surface area contributed by atoms with E-state index in [1.54, 1.807) is 0 Å². The van der Waals surface area contributed by atoms with Gasteiger partial charge < -0.3 is 15.2 Å². The van der Waals surface area contributed by atoms with Crippen LogP contribution < -0.4 is 10.1 Å². The van der Waals surface area contributed by atoms with Gasteiger partial charge in [0.1, 0.15) is 5.75 Å². The second-order valence-electron chi connectivity index (χ2n) is 7.33. The predicted octanol–water partition coefficient (Wildman–Crippen LogP) is 2.46. The summed E-state index contributed by atoms with van der Waals surface area (Å²) in [6.07, 6.45) is 2.86. The molecule has 1 saturated carbocycles. The number of nitrogens with zero attached hydrogens (tertiary/aromatic N) is 1. The lowest BCUT2D eigenvalue weighted by Gasteiger charge is -2.38. The average molecular weight is 355 g/mol. The van der Waals surface area contributed by atoms with Gasteiger partial charge in [-0.25, -0.2) is 0 Å². The van der Waals surface area contributed by atoms with Crippen LogP contribution in [0.25, 0.3) is 0 Å². The topological polar surface area (TPSA) is 87.2 Å². The fraction of sp³-hybridized carbons (Fsp3) is 0.500. The highest BCUT2D eigenvalue weighted by atomic mass is 16.5. The van der Waals surface area contributed by atoms with Crippen LogP contribution >= 0.6 is 0 Å². The van der Waals surface area contributed by atoms with E-state index in [-0.39, 0.29) is 24.0 Å². The molecule has 0 saturated heterocycles. The molecule has 1 atom stereocenters. The Hall–Kier alpha value is -2.34. The van der Waals surface area contributed by atoms with E-state index in [1.165, 1.54) is 5.56 Å². The third-order valence-corrected chi connectivity index (χ3v) is 5.66. The van der Waals surface area contributed by atoms with Gasteiger partial charge in [0.15, 0.2) is 5.69 Å². The summed E-state index contributed by atoms with van der Waals surface area (Å²) < 4.78 is 5.59. The second-order valence-corrected chi connectivity index (χ2v) is 7.33. The number of aromatic nitrogens is 2. The van der Waals surface area contributed by atoms with Crippen LogP contribution in [0, 0.1) is 12.8 Å². The van der Waals surface area contributed by atoms with Gasteiger partial charge in [0.2, 0.25) is 0 Å². The lowest BCUT2D eigenvalue weighted by atomic mass is 9.74. The minimum absolute atomic E-state index is 0.127. The van der Waals surface area contributed by atoms with Crippen LogP contribution in [0.1, 0.15) is 58.7 Å². The number of hydrogen-bond donors (Lipinski definition) is 3. The van der Waals surface area contributed by atoms with Gasteiger partial charge in [0.05, 0.1) is 18.8 Å². The molecule has 138 valence electrons. The second kappa shape index (κ2) is 6.76. The molecule has 1 amide bonds. The molecule has 0 bridgehead atoms. The lowest BCUT2D eigenvalue weighted by molar-refractivity contribution is 0.0234. The van der Waals surface area contributed by atoms with Crippen molar-refractivity contribution in [3.05, 3.63) is 46.3 Å². The number of aliphatic hydroxyl groups is 1. The first-order chi connectivity index (χ1) is 12.6. The van der Waals surface area contributed by atoms with Gasteiger partial charge in [-0.3, -0.25) is 9.89 Å². The highest BCUT2D eigenvalue weighted by Gasteiger charge is 2.36. The zero-order chi connectivity index (χ0) is 18.3. The van der Waals surface area contributed by atoms with Crippen LogP contribution in [0.2, 0.25) is 0 Å². The van der Waals surface area contributed by atoms with Crippen molar-refractivity contribution in [1.29, 1.82) is 0 Å². The van der Waals surface area contributed by atoms with E-state index >= 15 is 0 Å². The van der Waals surface area contributed by atoms with Crippen molar-refractivity contribution >= 4 is 5.91 Å². The number of carbonyl (C=O) groups excluding carboxylic acids is 1. The molecule has 1 aliphatic carbocycles. The SMILES string of the molecule is CCc1[nH]nc(C(=O)N[C@@H](c2ccc3c(c2)CCO3)C2CC(O)C2)c1C. The van der Waals surface area contributed by atoms with Gasteiger partial charge in [-0.2, -0.15) is 5.10 Å². The first-order valence-electron chi connectivity index (χ1n) is 9.35. The van der Waals surface area contributed by atoms with Crippen molar-refractivity contribution in [3.63, 3.8) is 0 Å². The molecule has 6 nitrogen and oxygen atoms in total. The Morgan fingerprint density at radius 1 is 1.46 bits per heavy atom. The molecule has 2 aromatic rings. The van der Waals surface area contributed by atoms with Gasteiger partial charge in [-0.05, 0) is 55.4 Å². The number of aryl methyl sites for hydroxylation is 1. The first kappa shape index (κ1) is 17.1. The molecule has 26 heavy (non-hydrogen) atoms. The zero-order valence-corrected chi connectivity index (χ0v) is 15.2. The molecule has 2 aliphatic rings. The third kappa shape index (κ3) is 2.98. The van der Waals surface area contributed by atoms with Crippen molar-refractivity contribution in [2.75, 3.05) is 6.61 Å². The number of amides is 1. The minimum atomic E-state index is -0.268. The summed E-state index contributed by atoms with van der Waals surface area (Å²) in [5.41, 5.74) is 4.60. The molecule has 2 heterocycles. The summed E-state index contributed by atoms with van der Waals surface area (Å²) in [5, 5.41) is 20.1. The van der Waals surface area contributed by atoms with Crippen molar-refractivity contribution in [2.24, 2.45) is 5.92 Å². The third-order valence-electron chi connectivity index (χ3n) is 5.66. The van der Waals surface area contributed by atoms with E-state index < -0.39 is 0 Å². The molecule has 0 unspecified atom stereocenters. The van der Waals surface area contributed by atoms with Crippen molar-refractivity contribution in [3.8, 4) is 5.75 Å². The number of hydrogen-bond acceptors (Lipinski definition) is 4. The quantitative estimate of drug-likeness (QED) is 0.769. The van der Waals surface area contributed by atoms with Crippen LogP contribution in [0.5, 0.6) is 5.75 Å². The van der Waals surface area contributed by atoms with Crippen LogP contribution in [-0.4, -0.2) is 33.9 Å². The minimum Gasteiger partial charge on any atom is -0.493 e. The predicted molar refractivity (Wildman–Crippen MR) is 97.3 cm³/mol. The zero-order valence-electron chi connectivity index (χ0n) is 15.2. The Morgan fingerprint density at radius 3 is 2.96 bits per heavy atom. The number of aromatic amines is 1. The summed E-state index contributed by atoms with van der Waals surface area (Å²) in [7, 11) is 0. The highest BCUT2D eigenvalue weighted by Crippen LogP contribution is 2.40.